The fraction of sp³-hybridized carbons (Fsp3) is 0.526. The van der Waals surface area contributed by atoms with Gasteiger partial charge in [-0.2, -0.15) is 0 Å². The van der Waals surface area contributed by atoms with Gasteiger partial charge in [0.25, 0.3) is 0 Å². The zero-order valence-electron chi connectivity index (χ0n) is 15.2. The molecule has 2 fully saturated rings. The number of hydrogen-bond acceptors (Lipinski definition) is 5. The first kappa shape index (κ1) is 18.6. The van der Waals surface area contributed by atoms with Crippen molar-refractivity contribution >= 4 is 39.3 Å². The molecule has 0 radical (unpaired) electrons. The van der Waals surface area contributed by atoms with E-state index < -0.39 is 29.5 Å². The number of carbonyl (C=O) groups is 3. The van der Waals surface area contributed by atoms with Crippen LogP contribution in [-0.4, -0.2) is 46.4 Å². The van der Waals surface area contributed by atoms with Crippen LogP contribution in [0.5, 0.6) is 0 Å². The van der Waals surface area contributed by atoms with E-state index in [1.54, 1.807) is 19.1 Å². The van der Waals surface area contributed by atoms with Gasteiger partial charge >= 0.3 is 0 Å². The van der Waals surface area contributed by atoms with Crippen molar-refractivity contribution in [2.45, 2.75) is 44.4 Å². The number of hydrogen-bond donors (Lipinski definition) is 3. The van der Waals surface area contributed by atoms with E-state index in [9.17, 15) is 19.5 Å². The van der Waals surface area contributed by atoms with Crippen LogP contribution in [0.2, 0.25) is 0 Å². The number of aliphatic hydroxyl groups is 1. The SMILES string of the molecule is CCCCN1C(=O)[C@@H]2[C@@H]([C@H](C)O)N[C@]3(C(=O)Nc4ccc(Br)cc43)[C@@H]2C1=O. The number of nitrogens with zero attached hydrogens (tertiary/aromatic N) is 1. The predicted octanol–water partition coefficient (Wildman–Crippen LogP) is 1.35. The number of fused-ring (bicyclic) bond motifs is 4. The highest BCUT2D eigenvalue weighted by Crippen LogP contribution is 2.53. The van der Waals surface area contributed by atoms with Gasteiger partial charge in [0.15, 0.2) is 0 Å². The Kier molecular flexibility index (Phi) is 4.40. The molecule has 0 saturated carbocycles. The molecule has 7 nitrogen and oxygen atoms in total. The predicted molar refractivity (Wildman–Crippen MR) is 102 cm³/mol. The summed E-state index contributed by atoms with van der Waals surface area (Å²) in [6.07, 6.45) is 0.681. The van der Waals surface area contributed by atoms with Crippen LogP contribution in [-0.2, 0) is 19.9 Å². The molecule has 1 aromatic rings. The molecule has 3 amide bonds. The highest BCUT2D eigenvalue weighted by atomic mass is 79.9. The molecule has 0 bridgehead atoms. The summed E-state index contributed by atoms with van der Waals surface area (Å²) in [4.78, 5) is 40.7. The number of aliphatic hydroxyl groups excluding tert-OH is 1. The van der Waals surface area contributed by atoms with Crippen molar-refractivity contribution in [3.05, 3.63) is 28.2 Å². The number of nitrogens with one attached hydrogen (secondary N) is 2. The Labute approximate surface area is 165 Å². The topological polar surface area (TPSA) is 98.7 Å². The molecule has 8 heteroatoms. The minimum atomic E-state index is -1.35. The Hall–Kier alpha value is -1.77. The van der Waals surface area contributed by atoms with Crippen LogP contribution in [0, 0.1) is 11.8 Å². The highest BCUT2D eigenvalue weighted by molar-refractivity contribution is 9.10. The normalized spacial score (nSPS) is 32.8. The molecule has 1 aromatic carbocycles. The summed E-state index contributed by atoms with van der Waals surface area (Å²) in [5.41, 5.74) is -0.0921. The quantitative estimate of drug-likeness (QED) is 0.619. The Morgan fingerprint density at radius 1 is 1.30 bits per heavy atom. The molecule has 3 N–H and O–H groups in total. The van der Waals surface area contributed by atoms with Crippen molar-refractivity contribution in [3.63, 3.8) is 0 Å². The molecule has 144 valence electrons. The average molecular weight is 436 g/mol. The lowest BCUT2D eigenvalue weighted by atomic mass is 9.76. The van der Waals surface area contributed by atoms with E-state index in [4.69, 9.17) is 0 Å². The number of unbranched alkanes of at least 4 members (excludes halogenated alkanes) is 1. The monoisotopic (exact) mass is 435 g/mol. The third kappa shape index (κ3) is 2.43. The fourth-order valence-electron chi connectivity index (χ4n) is 4.71. The number of halogens is 1. The van der Waals surface area contributed by atoms with Crippen LogP contribution in [0.15, 0.2) is 22.7 Å². The Morgan fingerprint density at radius 2 is 2.04 bits per heavy atom. The van der Waals surface area contributed by atoms with E-state index in [2.05, 4.69) is 26.6 Å². The maximum atomic E-state index is 13.3. The molecule has 3 heterocycles. The smallest absolute Gasteiger partial charge is 0.250 e. The first-order valence-corrected chi connectivity index (χ1v) is 10.0. The van der Waals surface area contributed by atoms with E-state index in [0.29, 0.717) is 24.2 Å². The summed E-state index contributed by atoms with van der Waals surface area (Å²) < 4.78 is 0.774. The summed E-state index contributed by atoms with van der Waals surface area (Å²) in [6, 6.07) is 4.71. The summed E-state index contributed by atoms with van der Waals surface area (Å²) in [5, 5.41) is 16.3. The molecule has 4 rings (SSSR count). The molecule has 0 aliphatic carbocycles. The lowest BCUT2D eigenvalue weighted by Crippen LogP contribution is -2.54. The fourth-order valence-corrected chi connectivity index (χ4v) is 5.08. The van der Waals surface area contributed by atoms with Gasteiger partial charge in [-0.3, -0.25) is 24.6 Å². The zero-order chi connectivity index (χ0) is 19.5. The first-order chi connectivity index (χ1) is 12.8. The van der Waals surface area contributed by atoms with Crippen LogP contribution in [0.1, 0.15) is 32.3 Å². The molecule has 0 unspecified atom stereocenters. The Bertz CT molecular complexity index is 842. The summed E-state index contributed by atoms with van der Waals surface area (Å²) in [5.74, 6) is -2.61. The molecule has 2 saturated heterocycles. The van der Waals surface area contributed by atoms with E-state index >= 15 is 0 Å². The van der Waals surface area contributed by atoms with Gasteiger partial charge in [0.1, 0.15) is 5.54 Å². The number of anilines is 1. The number of rotatable bonds is 4. The molecular weight excluding hydrogens is 414 g/mol. The van der Waals surface area contributed by atoms with Gasteiger partial charge in [0, 0.05) is 28.3 Å². The zero-order valence-corrected chi connectivity index (χ0v) is 16.7. The summed E-state index contributed by atoms with van der Waals surface area (Å²) >= 11 is 3.43. The number of amides is 3. The van der Waals surface area contributed by atoms with Crippen LogP contribution in [0.4, 0.5) is 5.69 Å². The lowest BCUT2D eigenvalue weighted by molar-refractivity contribution is -0.143. The summed E-state index contributed by atoms with van der Waals surface area (Å²) in [7, 11) is 0. The number of likely N-dealkylation sites (tertiary alicyclic amines) is 1. The van der Waals surface area contributed by atoms with Crippen LogP contribution in [0.3, 0.4) is 0 Å². The maximum absolute atomic E-state index is 13.3. The number of carbonyl (C=O) groups excluding carboxylic acids is 3. The van der Waals surface area contributed by atoms with Crippen LogP contribution < -0.4 is 10.6 Å². The van der Waals surface area contributed by atoms with Gasteiger partial charge in [-0.1, -0.05) is 29.3 Å². The van der Waals surface area contributed by atoms with E-state index in [1.165, 1.54) is 4.90 Å². The van der Waals surface area contributed by atoms with E-state index in [1.807, 2.05) is 13.0 Å². The molecular formula is C19H22BrN3O4. The largest absolute Gasteiger partial charge is 0.392 e. The van der Waals surface area contributed by atoms with Gasteiger partial charge in [0.05, 0.1) is 17.9 Å². The number of imide groups is 1. The standard InChI is InChI=1S/C19H22BrN3O4/c1-3-4-7-23-16(25)13-14(17(23)26)19(22-15(13)9(2)24)11-8-10(20)5-6-12(11)21-18(19)27/h5-6,8-9,13-15,22,24H,3-4,7H2,1-2H3,(H,21,27)/t9-,13-,14-,15+,19-/m0/s1. The van der Waals surface area contributed by atoms with Gasteiger partial charge in [-0.05, 0) is 31.5 Å². The van der Waals surface area contributed by atoms with Gasteiger partial charge in [0.2, 0.25) is 17.7 Å². The molecule has 1 spiro atoms. The molecule has 3 aliphatic heterocycles. The van der Waals surface area contributed by atoms with E-state index in [-0.39, 0.29) is 17.7 Å². The van der Waals surface area contributed by atoms with Crippen molar-refractivity contribution in [2.24, 2.45) is 11.8 Å². The van der Waals surface area contributed by atoms with E-state index in [0.717, 1.165) is 10.9 Å². The lowest BCUT2D eigenvalue weighted by Gasteiger charge is -2.30. The minimum absolute atomic E-state index is 0.301. The van der Waals surface area contributed by atoms with Gasteiger partial charge < -0.3 is 10.4 Å². The van der Waals surface area contributed by atoms with Crippen molar-refractivity contribution in [1.82, 2.24) is 10.2 Å². The molecule has 0 aromatic heterocycles. The second-order valence-electron chi connectivity index (χ2n) is 7.55. The third-order valence-electron chi connectivity index (χ3n) is 5.96. The maximum Gasteiger partial charge on any atom is 0.250 e. The second-order valence-corrected chi connectivity index (χ2v) is 8.46. The Balaban J connectivity index is 1.86. The van der Waals surface area contributed by atoms with Gasteiger partial charge in [-0.15, -0.1) is 0 Å². The van der Waals surface area contributed by atoms with Crippen molar-refractivity contribution < 1.29 is 19.5 Å². The van der Waals surface area contributed by atoms with Crippen LogP contribution in [0.25, 0.3) is 0 Å². The number of benzene rings is 1. The van der Waals surface area contributed by atoms with Crippen molar-refractivity contribution in [1.29, 1.82) is 0 Å². The van der Waals surface area contributed by atoms with Gasteiger partial charge in [-0.25, -0.2) is 0 Å². The highest BCUT2D eigenvalue weighted by Gasteiger charge is 2.70. The minimum Gasteiger partial charge on any atom is -0.392 e. The molecule has 5 atom stereocenters. The summed E-state index contributed by atoms with van der Waals surface area (Å²) in [6.45, 7) is 3.91. The molecule has 3 aliphatic rings. The Morgan fingerprint density at radius 3 is 2.70 bits per heavy atom. The van der Waals surface area contributed by atoms with Crippen molar-refractivity contribution in [3.8, 4) is 0 Å². The second kappa shape index (κ2) is 6.39. The average Bonchev–Trinajstić information content (AvgIpc) is 3.20. The molecule has 27 heavy (non-hydrogen) atoms. The third-order valence-corrected chi connectivity index (χ3v) is 6.45. The van der Waals surface area contributed by atoms with Crippen LogP contribution >= 0.6 is 15.9 Å². The first-order valence-electron chi connectivity index (χ1n) is 9.25. The van der Waals surface area contributed by atoms with Crippen molar-refractivity contribution in [2.75, 3.05) is 11.9 Å².